The normalized spacial score (nSPS) is 10.4. The van der Waals surface area contributed by atoms with E-state index >= 15 is 0 Å². The Hall–Kier alpha value is -1.81. The molecule has 1 aromatic heterocycles. The molecule has 5 heteroatoms. The number of aryl methyl sites for hydroxylation is 1. The fourth-order valence-electron chi connectivity index (χ4n) is 1.79. The van der Waals surface area contributed by atoms with Crippen LogP contribution in [0.3, 0.4) is 0 Å². The second kappa shape index (κ2) is 5.23. The topological polar surface area (TPSA) is 44.1 Å². The van der Waals surface area contributed by atoms with Crippen LogP contribution in [0.1, 0.15) is 23.0 Å². The van der Waals surface area contributed by atoms with E-state index in [0.29, 0.717) is 34.3 Å². The zero-order valence-corrected chi connectivity index (χ0v) is 10.9. The van der Waals surface area contributed by atoms with E-state index in [1.807, 2.05) is 31.2 Å². The third-order valence-electron chi connectivity index (χ3n) is 2.71. The van der Waals surface area contributed by atoms with Gasteiger partial charge in [0.05, 0.1) is 18.4 Å². The molecular formula is C13H13ClN2O2. The van der Waals surface area contributed by atoms with Crippen molar-refractivity contribution in [1.29, 1.82) is 0 Å². The molecule has 0 atom stereocenters. The highest BCUT2D eigenvalue weighted by Gasteiger charge is 2.17. The number of aldehydes is 1. The number of ether oxygens (including phenoxy) is 1. The average molecular weight is 265 g/mol. The summed E-state index contributed by atoms with van der Waals surface area (Å²) in [4.78, 5) is 11.0. The molecule has 18 heavy (non-hydrogen) atoms. The Kier molecular flexibility index (Phi) is 3.67. The molecule has 0 aliphatic carbocycles. The maximum Gasteiger partial charge on any atom is 0.155 e. The lowest BCUT2D eigenvalue weighted by molar-refractivity contribution is 0.112. The molecule has 0 saturated carbocycles. The van der Waals surface area contributed by atoms with Crippen LogP contribution in [-0.4, -0.2) is 23.2 Å². The van der Waals surface area contributed by atoms with Gasteiger partial charge < -0.3 is 4.74 Å². The van der Waals surface area contributed by atoms with Gasteiger partial charge in [-0.1, -0.05) is 30.7 Å². The molecule has 4 nitrogen and oxygen atoms in total. The summed E-state index contributed by atoms with van der Waals surface area (Å²) in [6.45, 7) is 1.93. The van der Waals surface area contributed by atoms with Crippen LogP contribution in [0.4, 0.5) is 0 Å². The van der Waals surface area contributed by atoms with Crippen LogP contribution < -0.4 is 4.74 Å². The van der Waals surface area contributed by atoms with Gasteiger partial charge in [0.1, 0.15) is 16.6 Å². The highest BCUT2D eigenvalue weighted by Crippen LogP contribution is 2.28. The van der Waals surface area contributed by atoms with Crippen LogP contribution in [0.15, 0.2) is 24.3 Å². The van der Waals surface area contributed by atoms with Crippen LogP contribution in [-0.2, 0) is 6.42 Å². The third kappa shape index (κ3) is 1.99. The summed E-state index contributed by atoms with van der Waals surface area (Å²) in [5, 5.41) is 4.66. The number of hydrogen-bond donors (Lipinski definition) is 0. The number of carbonyl (C=O) groups is 1. The quantitative estimate of drug-likeness (QED) is 0.798. The zero-order chi connectivity index (χ0) is 13.1. The Bertz CT molecular complexity index is 578. The van der Waals surface area contributed by atoms with E-state index in [9.17, 15) is 4.79 Å². The van der Waals surface area contributed by atoms with Gasteiger partial charge in [-0.3, -0.25) is 4.79 Å². The van der Waals surface area contributed by atoms with E-state index in [0.717, 1.165) is 6.29 Å². The first-order chi connectivity index (χ1) is 8.72. The van der Waals surface area contributed by atoms with Crippen molar-refractivity contribution < 1.29 is 9.53 Å². The Morgan fingerprint density at radius 3 is 2.72 bits per heavy atom. The lowest BCUT2D eigenvalue weighted by Gasteiger charge is -2.08. The van der Waals surface area contributed by atoms with Gasteiger partial charge in [-0.25, -0.2) is 4.68 Å². The lowest BCUT2D eigenvalue weighted by Crippen LogP contribution is -2.00. The summed E-state index contributed by atoms with van der Waals surface area (Å²) in [5.41, 5.74) is 1.83. The fraction of sp³-hybridized carbons (Fsp3) is 0.231. The minimum atomic E-state index is 0.311. The molecule has 2 aromatic rings. The first-order valence-corrected chi connectivity index (χ1v) is 5.96. The van der Waals surface area contributed by atoms with Gasteiger partial charge >= 0.3 is 0 Å². The molecule has 0 aliphatic heterocycles. The van der Waals surface area contributed by atoms with E-state index in [1.54, 1.807) is 7.11 Å². The number of aromatic nitrogens is 2. The summed E-state index contributed by atoms with van der Waals surface area (Å²) in [6, 6.07) is 7.38. The van der Waals surface area contributed by atoms with E-state index < -0.39 is 0 Å². The predicted octanol–water partition coefficient (Wildman–Crippen LogP) is 2.91. The maximum atomic E-state index is 11.0. The molecule has 2 rings (SSSR count). The smallest absolute Gasteiger partial charge is 0.155 e. The summed E-state index contributed by atoms with van der Waals surface area (Å²) in [6.07, 6.45) is 1.38. The van der Waals surface area contributed by atoms with Gasteiger partial charge in [-0.15, -0.1) is 0 Å². The number of halogens is 1. The van der Waals surface area contributed by atoms with E-state index in [4.69, 9.17) is 16.3 Å². The molecular weight excluding hydrogens is 252 g/mol. The summed E-state index contributed by atoms with van der Waals surface area (Å²) < 4.78 is 6.79. The molecule has 0 fully saturated rings. The number of hydrogen-bond acceptors (Lipinski definition) is 3. The van der Waals surface area contributed by atoms with Crippen molar-refractivity contribution in [1.82, 2.24) is 9.78 Å². The number of para-hydroxylation sites is 2. The number of rotatable bonds is 4. The van der Waals surface area contributed by atoms with Gasteiger partial charge in [-0.05, 0) is 18.6 Å². The van der Waals surface area contributed by atoms with Crippen LogP contribution in [0.2, 0.25) is 5.15 Å². The van der Waals surface area contributed by atoms with Crippen LogP contribution >= 0.6 is 11.6 Å². The molecule has 0 saturated heterocycles. The molecule has 0 bridgehead atoms. The Balaban J connectivity index is 2.64. The molecule has 1 heterocycles. The highest BCUT2D eigenvalue weighted by molar-refractivity contribution is 6.32. The molecule has 0 radical (unpaired) electrons. The summed E-state index contributed by atoms with van der Waals surface area (Å²) in [5.74, 6) is 0.655. The number of methoxy groups -OCH3 is 1. The van der Waals surface area contributed by atoms with Crippen molar-refractivity contribution in [3.63, 3.8) is 0 Å². The fourth-order valence-corrected chi connectivity index (χ4v) is 2.08. The molecule has 0 spiro atoms. The summed E-state index contributed by atoms with van der Waals surface area (Å²) in [7, 11) is 1.58. The first kappa shape index (κ1) is 12.6. The van der Waals surface area contributed by atoms with Crippen LogP contribution in [0, 0.1) is 0 Å². The second-order valence-corrected chi connectivity index (χ2v) is 4.06. The standard InChI is InChI=1S/C13H13ClN2O2/c1-3-10-9(8-17)13(14)16(15-10)11-6-4-5-7-12(11)18-2/h4-8H,3H2,1-2H3. The van der Waals surface area contributed by atoms with Crippen molar-refractivity contribution in [2.75, 3.05) is 7.11 Å². The highest BCUT2D eigenvalue weighted by atomic mass is 35.5. The monoisotopic (exact) mass is 264 g/mol. The van der Waals surface area contributed by atoms with Gasteiger partial charge in [0.2, 0.25) is 0 Å². The Labute approximate surface area is 110 Å². The Morgan fingerprint density at radius 1 is 1.44 bits per heavy atom. The predicted molar refractivity (Wildman–Crippen MR) is 69.9 cm³/mol. The second-order valence-electron chi connectivity index (χ2n) is 3.71. The Morgan fingerprint density at radius 2 is 2.17 bits per heavy atom. The van der Waals surface area contributed by atoms with E-state index in [2.05, 4.69) is 5.10 Å². The molecule has 0 aliphatic rings. The van der Waals surface area contributed by atoms with Gasteiger partial charge in [0.25, 0.3) is 0 Å². The van der Waals surface area contributed by atoms with Gasteiger partial charge in [0, 0.05) is 0 Å². The maximum absolute atomic E-state index is 11.0. The van der Waals surface area contributed by atoms with Gasteiger partial charge in [0.15, 0.2) is 6.29 Å². The minimum absolute atomic E-state index is 0.311. The first-order valence-electron chi connectivity index (χ1n) is 5.58. The lowest BCUT2D eigenvalue weighted by atomic mass is 10.2. The molecule has 1 aromatic carbocycles. The van der Waals surface area contributed by atoms with Crippen LogP contribution in [0.5, 0.6) is 5.75 Å². The number of benzene rings is 1. The minimum Gasteiger partial charge on any atom is -0.494 e. The average Bonchev–Trinajstić information content (AvgIpc) is 2.74. The molecule has 94 valence electrons. The van der Waals surface area contributed by atoms with Crippen molar-refractivity contribution in [2.24, 2.45) is 0 Å². The molecule has 0 N–H and O–H groups in total. The van der Waals surface area contributed by atoms with Crippen molar-refractivity contribution in [3.05, 3.63) is 40.7 Å². The van der Waals surface area contributed by atoms with Crippen molar-refractivity contribution in [3.8, 4) is 11.4 Å². The van der Waals surface area contributed by atoms with E-state index in [-0.39, 0.29) is 0 Å². The van der Waals surface area contributed by atoms with Crippen molar-refractivity contribution >= 4 is 17.9 Å². The van der Waals surface area contributed by atoms with Crippen molar-refractivity contribution in [2.45, 2.75) is 13.3 Å². The molecule has 0 unspecified atom stereocenters. The van der Waals surface area contributed by atoms with Gasteiger partial charge in [-0.2, -0.15) is 5.10 Å². The zero-order valence-electron chi connectivity index (χ0n) is 10.2. The summed E-state index contributed by atoms with van der Waals surface area (Å²) >= 11 is 6.19. The molecule has 0 amide bonds. The SMILES string of the molecule is CCc1nn(-c2ccccc2OC)c(Cl)c1C=O. The largest absolute Gasteiger partial charge is 0.494 e. The third-order valence-corrected chi connectivity index (χ3v) is 3.07. The van der Waals surface area contributed by atoms with E-state index in [1.165, 1.54) is 4.68 Å². The van der Waals surface area contributed by atoms with Crippen LogP contribution in [0.25, 0.3) is 5.69 Å². The number of carbonyl (C=O) groups excluding carboxylic acids is 1. The number of nitrogens with zero attached hydrogens (tertiary/aromatic N) is 2.